The van der Waals surface area contributed by atoms with Crippen molar-refractivity contribution in [1.29, 1.82) is 0 Å². The van der Waals surface area contributed by atoms with Crippen molar-refractivity contribution in [3.05, 3.63) is 53.6 Å². The average molecular weight is 268 g/mol. The van der Waals surface area contributed by atoms with Crippen LogP contribution in [0.15, 0.2) is 42.5 Å². The van der Waals surface area contributed by atoms with E-state index in [1.165, 1.54) is 7.11 Å². The molecule has 2 aromatic carbocycles. The van der Waals surface area contributed by atoms with Gasteiger partial charge in [0.2, 0.25) is 0 Å². The summed E-state index contributed by atoms with van der Waals surface area (Å²) in [5.41, 5.74) is 2.96. The second kappa shape index (κ2) is 4.70. The van der Waals surface area contributed by atoms with Crippen LogP contribution in [0.5, 0.6) is 0 Å². The highest BCUT2D eigenvalue weighted by atomic mass is 16.5. The summed E-state index contributed by atoms with van der Waals surface area (Å²) in [5.74, 6) is -0.655. The molecule has 20 heavy (non-hydrogen) atoms. The number of hydrogen-bond donors (Lipinski definition) is 2. The third-order valence-electron chi connectivity index (χ3n) is 3.13. The van der Waals surface area contributed by atoms with E-state index in [0.29, 0.717) is 16.8 Å². The number of anilines is 3. The van der Waals surface area contributed by atoms with Crippen LogP contribution in [0.25, 0.3) is 0 Å². The molecule has 0 radical (unpaired) electrons. The van der Waals surface area contributed by atoms with E-state index in [1.807, 2.05) is 12.1 Å². The van der Waals surface area contributed by atoms with Crippen molar-refractivity contribution in [3.8, 4) is 0 Å². The summed E-state index contributed by atoms with van der Waals surface area (Å²) in [4.78, 5) is 23.7. The highest BCUT2D eigenvalue weighted by Gasteiger charge is 2.19. The Balaban J connectivity index is 2.07. The van der Waals surface area contributed by atoms with Crippen molar-refractivity contribution in [2.45, 2.75) is 0 Å². The number of nitrogens with one attached hydrogen (secondary N) is 2. The summed E-state index contributed by atoms with van der Waals surface area (Å²) in [6, 6.07) is 12.2. The van der Waals surface area contributed by atoms with Gasteiger partial charge >= 0.3 is 5.97 Å². The molecule has 0 aliphatic carbocycles. The lowest BCUT2D eigenvalue weighted by Gasteiger charge is -2.09. The third kappa shape index (κ3) is 1.99. The summed E-state index contributed by atoms with van der Waals surface area (Å²) >= 11 is 0. The van der Waals surface area contributed by atoms with Crippen molar-refractivity contribution < 1.29 is 14.3 Å². The van der Waals surface area contributed by atoms with E-state index in [-0.39, 0.29) is 5.91 Å². The van der Waals surface area contributed by atoms with Crippen LogP contribution in [0.1, 0.15) is 20.7 Å². The molecule has 2 N–H and O–H groups in total. The van der Waals surface area contributed by atoms with Crippen LogP contribution < -0.4 is 10.6 Å². The van der Waals surface area contributed by atoms with Gasteiger partial charge < -0.3 is 15.4 Å². The maximum absolute atomic E-state index is 12.2. The maximum atomic E-state index is 12.2. The number of rotatable bonds is 1. The standard InChI is InChI=1S/C15H12N2O3/c1-20-15(19)9-6-7-12-13(8-9)17-14(18)10-4-2-3-5-11(10)16-12/h2-8,16H,1H3,(H,17,18). The fourth-order valence-corrected chi connectivity index (χ4v) is 2.13. The number of carbonyl (C=O) groups excluding carboxylic acids is 2. The van der Waals surface area contributed by atoms with Gasteiger partial charge in [0.05, 0.1) is 35.3 Å². The predicted molar refractivity (Wildman–Crippen MR) is 75.5 cm³/mol. The van der Waals surface area contributed by atoms with Gasteiger partial charge in [-0.3, -0.25) is 4.79 Å². The van der Waals surface area contributed by atoms with E-state index in [9.17, 15) is 9.59 Å². The molecule has 2 aromatic rings. The highest BCUT2D eigenvalue weighted by Crippen LogP contribution is 2.32. The summed E-state index contributed by atoms with van der Waals surface area (Å²) in [6.07, 6.45) is 0. The first kappa shape index (κ1) is 12.2. The zero-order valence-electron chi connectivity index (χ0n) is 10.8. The number of ether oxygens (including phenoxy) is 1. The lowest BCUT2D eigenvalue weighted by Crippen LogP contribution is -2.11. The Labute approximate surface area is 115 Å². The van der Waals surface area contributed by atoms with Crippen LogP contribution in [0.3, 0.4) is 0 Å². The number of benzene rings is 2. The number of para-hydroxylation sites is 1. The van der Waals surface area contributed by atoms with Crippen molar-refractivity contribution in [2.24, 2.45) is 0 Å². The Hall–Kier alpha value is -2.82. The van der Waals surface area contributed by atoms with E-state index >= 15 is 0 Å². The molecule has 0 saturated carbocycles. The van der Waals surface area contributed by atoms with E-state index in [4.69, 9.17) is 0 Å². The molecule has 1 aliphatic rings. The molecule has 1 aliphatic heterocycles. The fourth-order valence-electron chi connectivity index (χ4n) is 2.13. The molecule has 0 unspecified atom stereocenters. The van der Waals surface area contributed by atoms with Gasteiger partial charge in [-0.05, 0) is 30.3 Å². The van der Waals surface area contributed by atoms with Crippen molar-refractivity contribution in [1.82, 2.24) is 0 Å². The summed E-state index contributed by atoms with van der Waals surface area (Å²) in [5, 5.41) is 5.97. The Morgan fingerprint density at radius 2 is 1.80 bits per heavy atom. The number of fused-ring (bicyclic) bond motifs is 2. The Bertz CT molecular complexity index is 710. The first-order valence-electron chi connectivity index (χ1n) is 6.09. The maximum Gasteiger partial charge on any atom is 0.337 e. The average Bonchev–Trinajstić information content (AvgIpc) is 2.62. The molecule has 5 heteroatoms. The van der Waals surface area contributed by atoms with Crippen LogP contribution >= 0.6 is 0 Å². The molecule has 1 amide bonds. The van der Waals surface area contributed by atoms with Gasteiger partial charge in [-0.15, -0.1) is 0 Å². The minimum Gasteiger partial charge on any atom is -0.465 e. The van der Waals surface area contributed by atoms with E-state index in [0.717, 1.165) is 11.4 Å². The second-order valence-electron chi connectivity index (χ2n) is 4.38. The van der Waals surface area contributed by atoms with Gasteiger partial charge in [-0.1, -0.05) is 12.1 Å². The van der Waals surface area contributed by atoms with Crippen LogP contribution in [0.2, 0.25) is 0 Å². The van der Waals surface area contributed by atoms with E-state index < -0.39 is 5.97 Å². The Morgan fingerprint density at radius 3 is 2.60 bits per heavy atom. The normalized spacial score (nSPS) is 12.3. The Morgan fingerprint density at radius 1 is 1.00 bits per heavy atom. The molecule has 1 heterocycles. The third-order valence-corrected chi connectivity index (χ3v) is 3.13. The quantitative estimate of drug-likeness (QED) is 0.780. The first-order valence-corrected chi connectivity index (χ1v) is 6.09. The van der Waals surface area contributed by atoms with Gasteiger partial charge in [0.15, 0.2) is 0 Å². The van der Waals surface area contributed by atoms with Gasteiger partial charge in [0.1, 0.15) is 0 Å². The van der Waals surface area contributed by atoms with Crippen LogP contribution in [-0.4, -0.2) is 19.0 Å². The fraction of sp³-hybridized carbons (Fsp3) is 0.0667. The zero-order chi connectivity index (χ0) is 14.1. The van der Waals surface area contributed by atoms with E-state index in [1.54, 1.807) is 30.3 Å². The number of amides is 1. The molecule has 0 bridgehead atoms. The van der Waals surface area contributed by atoms with E-state index in [2.05, 4.69) is 15.4 Å². The van der Waals surface area contributed by atoms with Gasteiger partial charge in [-0.25, -0.2) is 4.79 Å². The van der Waals surface area contributed by atoms with Crippen molar-refractivity contribution >= 4 is 28.9 Å². The molecular weight excluding hydrogens is 256 g/mol. The SMILES string of the molecule is COC(=O)c1ccc2c(c1)NC(=O)c1ccccc1N2. The number of methoxy groups -OCH3 is 1. The topological polar surface area (TPSA) is 67.4 Å². The molecule has 3 rings (SSSR count). The van der Waals surface area contributed by atoms with Gasteiger partial charge in [-0.2, -0.15) is 0 Å². The zero-order valence-corrected chi connectivity index (χ0v) is 10.8. The van der Waals surface area contributed by atoms with Crippen molar-refractivity contribution in [3.63, 3.8) is 0 Å². The summed E-state index contributed by atoms with van der Waals surface area (Å²) < 4.78 is 4.68. The smallest absolute Gasteiger partial charge is 0.337 e. The molecule has 0 spiro atoms. The lowest BCUT2D eigenvalue weighted by molar-refractivity contribution is 0.0600. The van der Waals surface area contributed by atoms with Gasteiger partial charge in [0, 0.05) is 0 Å². The van der Waals surface area contributed by atoms with Crippen LogP contribution in [0, 0.1) is 0 Å². The molecule has 0 saturated heterocycles. The number of esters is 1. The Kier molecular flexibility index (Phi) is 2.87. The predicted octanol–water partition coefficient (Wildman–Crippen LogP) is 2.78. The molecule has 0 fully saturated rings. The lowest BCUT2D eigenvalue weighted by atomic mass is 10.1. The molecule has 0 atom stereocenters. The summed E-state index contributed by atoms with van der Waals surface area (Å²) in [7, 11) is 1.32. The first-order chi connectivity index (χ1) is 9.69. The van der Waals surface area contributed by atoms with Crippen molar-refractivity contribution in [2.75, 3.05) is 17.7 Å². The molecular formula is C15H12N2O3. The molecule has 5 nitrogen and oxygen atoms in total. The molecule has 0 aromatic heterocycles. The van der Waals surface area contributed by atoms with Crippen LogP contribution in [0.4, 0.5) is 17.1 Å². The van der Waals surface area contributed by atoms with Crippen LogP contribution in [-0.2, 0) is 4.74 Å². The summed E-state index contributed by atoms with van der Waals surface area (Å²) in [6.45, 7) is 0. The number of carbonyl (C=O) groups is 2. The molecule has 100 valence electrons. The minimum absolute atomic E-state index is 0.214. The monoisotopic (exact) mass is 268 g/mol. The number of hydrogen-bond acceptors (Lipinski definition) is 4. The second-order valence-corrected chi connectivity index (χ2v) is 4.38. The minimum atomic E-state index is -0.441. The van der Waals surface area contributed by atoms with Gasteiger partial charge in [0.25, 0.3) is 5.91 Å². The highest BCUT2D eigenvalue weighted by molar-refractivity contribution is 6.12. The largest absolute Gasteiger partial charge is 0.465 e.